The molecule has 2 heterocycles. The SMILES string of the molecule is Cl.O=C(NCCCCN1CCN(c2nsc3ccccc23)CC1)c1ccccc1. The number of carbonyl (C=O) groups is 1. The predicted molar refractivity (Wildman–Crippen MR) is 124 cm³/mol. The van der Waals surface area contributed by atoms with Gasteiger partial charge >= 0.3 is 0 Å². The van der Waals surface area contributed by atoms with Crippen LogP contribution in [0.25, 0.3) is 10.1 Å². The molecule has 4 rings (SSSR count). The maximum atomic E-state index is 12.0. The van der Waals surface area contributed by atoms with Gasteiger partial charge in [0, 0.05) is 43.7 Å². The second-order valence-corrected chi connectivity index (χ2v) is 7.97. The molecule has 0 bridgehead atoms. The summed E-state index contributed by atoms with van der Waals surface area (Å²) in [6, 6.07) is 17.9. The Morgan fingerprint density at radius 3 is 2.48 bits per heavy atom. The average Bonchev–Trinajstić information content (AvgIpc) is 3.19. The molecular formula is C22H27ClN4OS. The van der Waals surface area contributed by atoms with Crippen LogP contribution in [0.4, 0.5) is 5.82 Å². The first-order valence-electron chi connectivity index (χ1n) is 9.96. The zero-order valence-electron chi connectivity index (χ0n) is 16.4. The summed E-state index contributed by atoms with van der Waals surface area (Å²) < 4.78 is 5.94. The van der Waals surface area contributed by atoms with Crippen LogP contribution >= 0.6 is 23.9 Å². The summed E-state index contributed by atoms with van der Waals surface area (Å²) in [4.78, 5) is 16.9. The van der Waals surface area contributed by atoms with E-state index in [1.54, 1.807) is 11.5 Å². The largest absolute Gasteiger partial charge is 0.353 e. The Labute approximate surface area is 182 Å². The highest BCUT2D eigenvalue weighted by atomic mass is 35.5. The van der Waals surface area contributed by atoms with Crippen molar-refractivity contribution >= 4 is 45.8 Å². The van der Waals surface area contributed by atoms with Crippen LogP contribution in [0.3, 0.4) is 0 Å². The van der Waals surface area contributed by atoms with Gasteiger partial charge < -0.3 is 10.2 Å². The minimum Gasteiger partial charge on any atom is -0.353 e. The molecule has 7 heteroatoms. The molecule has 0 spiro atoms. The zero-order chi connectivity index (χ0) is 19.2. The van der Waals surface area contributed by atoms with Crippen LogP contribution in [0.1, 0.15) is 23.2 Å². The Morgan fingerprint density at radius 1 is 0.966 bits per heavy atom. The van der Waals surface area contributed by atoms with Crippen molar-refractivity contribution in [1.82, 2.24) is 14.6 Å². The Morgan fingerprint density at radius 2 is 1.69 bits per heavy atom. The first-order valence-corrected chi connectivity index (χ1v) is 10.7. The molecule has 1 aliphatic rings. The van der Waals surface area contributed by atoms with Gasteiger partial charge in [0.2, 0.25) is 0 Å². The fourth-order valence-electron chi connectivity index (χ4n) is 3.64. The van der Waals surface area contributed by atoms with E-state index in [2.05, 4.69) is 43.8 Å². The van der Waals surface area contributed by atoms with Gasteiger partial charge in [-0.3, -0.25) is 9.69 Å². The Kier molecular flexibility index (Phi) is 7.86. The van der Waals surface area contributed by atoms with Gasteiger partial charge in [0.25, 0.3) is 5.91 Å². The molecule has 1 fully saturated rings. The van der Waals surface area contributed by atoms with Gasteiger partial charge in [0.05, 0.1) is 4.70 Å². The first kappa shape index (κ1) is 21.6. The van der Waals surface area contributed by atoms with Crippen LogP contribution in [0, 0.1) is 0 Å². The number of unbranched alkanes of at least 4 members (excludes halogenated alkanes) is 1. The number of nitrogens with zero attached hydrogens (tertiary/aromatic N) is 3. The lowest BCUT2D eigenvalue weighted by molar-refractivity contribution is 0.0952. The number of rotatable bonds is 7. The van der Waals surface area contributed by atoms with E-state index >= 15 is 0 Å². The third-order valence-electron chi connectivity index (χ3n) is 5.25. The van der Waals surface area contributed by atoms with Crippen LogP contribution in [0.2, 0.25) is 0 Å². The average molecular weight is 431 g/mol. The minimum absolute atomic E-state index is 0. The summed E-state index contributed by atoms with van der Waals surface area (Å²) in [6.07, 6.45) is 2.12. The fraction of sp³-hybridized carbons (Fsp3) is 0.364. The second-order valence-electron chi connectivity index (χ2n) is 7.16. The normalized spacial score (nSPS) is 14.6. The van der Waals surface area contributed by atoms with Gasteiger partial charge in [0.15, 0.2) is 0 Å². The van der Waals surface area contributed by atoms with Crippen molar-refractivity contribution in [3.63, 3.8) is 0 Å². The summed E-state index contributed by atoms with van der Waals surface area (Å²) in [5.74, 6) is 1.16. The predicted octanol–water partition coefficient (Wildman–Crippen LogP) is 4.05. The number of fused-ring (bicyclic) bond motifs is 1. The molecule has 29 heavy (non-hydrogen) atoms. The molecule has 1 saturated heterocycles. The smallest absolute Gasteiger partial charge is 0.251 e. The summed E-state index contributed by atoms with van der Waals surface area (Å²) in [5, 5.41) is 4.28. The molecular weight excluding hydrogens is 404 g/mol. The van der Waals surface area contributed by atoms with E-state index in [-0.39, 0.29) is 18.3 Å². The number of carbonyl (C=O) groups excluding carboxylic acids is 1. The highest BCUT2D eigenvalue weighted by molar-refractivity contribution is 7.13. The van der Waals surface area contributed by atoms with Crippen molar-refractivity contribution in [2.45, 2.75) is 12.8 Å². The number of aromatic nitrogens is 1. The fourth-order valence-corrected chi connectivity index (χ4v) is 4.43. The van der Waals surface area contributed by atoms with Crippen molar-refractivity contribution in [3.8, 4) is 0 Å². The molecule has 5 nitrogen and oxygen atoms in total. The van der Waals surface area contributed by atoms with Crippen molar-refractivity contribution in [1.29, 1.82) is 0 Å². The standard InChI is InChI=1S/C22H26N4OS.ClH/c27-22(18-8-2-1-3-9-18)23-12-6-7-13-25-14-16-26(17-15-25)21-19-10-4-5-11-20(19)28-24-21;/h1-5,8-11H,6-7,12-17H2,(H,23,27);1H. The second kappa shape index (κ2) is 10.6. The molecule has 154 valence electrons. The molecule has 1 aromatic heterocycles. The summed E-state index contributed by atoms with van der Waals surface area (Å²) >= 11 is 1.59. The molecule has 0 saturated carbocycles. The molecule has 1 aliphatic heterocycles. The highest BCUT2D eigenvalue weighted by Crippen LogP contribution is 2.29. The number of anilines is 1. The number of nitrogens with one attached hydrogen (secondary N) is 1. The maximum Gasteiger partial charge on any atom is 0.251 e. The lowest BCUT2D eigenvalue weighted by Gasteiger charge is -2.35. The molecule has 1 amide bonds. The van der Waals surface area contributed by atoms with Crippen LogP contribution in [-0.4, -0.2) is 54.4 Å². The van der Waals surface area contributed by atoms with Gasteiger partial charge in [-0.2, -0.15) is 4.37 Å². The quantitative estimate of drug-likeness (QED) is 0.574. The molecule has 2 aromatic carbocycles. The van der Waals surface area contributed by atoms with E-state index < -0.39 is 0 Å². The molecule has 0 aliphatic carbocycles. The number of piperazine rings is 1. The minimum atomic E-state index is 0. The van der Waals surface area contributed by atoms with E-state index in [0.29, 0.717) is 0 Å². The maximum absolute atomic E-state index is 12.0. The van der Waals surface area contributed by atoms with E-state index in [1.165, 1.54) is 10.1 Å². The number of hydrogen-bond donors (Lipinski definition) is 1. The molecule has 1 N–H and O–H groups in total. The van der Waals surface area contributed by atoms with Gasteiger partial charge in [-0.05, 0) is 55.2 Å². The third-order valence-corrected chi connectivity index (χ3v) is 6.07. The Hall–Kier alpha value is -2.15. The summed E-state index contributed by atoms with van der Waals surface area (Å²) in [5.41, 5.74) is 0.730. The zero-order valence-corrected chi connectivity index (χ0v) is 18.1. The van der Waals surface area contributed by atoms with Crippen molar-refractivity contribution < 1.29 is 4.79 Å². The van der Waals surface area contributed by atoms with Crippen LogP contribution in [-0.2, 0) is 0 Å². The number of hydrogen-bond acceptors (Lipinski definition) is 5. The molecule has 3 aromatic rings. The number of amides is 1. The monoisotopic (exact) mass is 430 g/mol. The van der Waals surface area contributed by atoms with Crippen LogP contribution in [0.5, 0.6) is 0 Å². The van der Waals surface area contributed by atoms with Crippen molar-refractivity contribution in [2.75, 3.05) is 44.2 Å². The van der Waals surface area contributed by atoms with Gasteiger partial charge in [-0.15, -0.1) is 12.4 Å². The van der Waals surface area contributed by atoms with E-state index in [9.17, 15) is 4.79 Å². The van der Waals surface area contributed by atoms with Crippen molar-refractivity contribution in [2.24, 2.45) is 0 Å². The molecule has 0 radical (unpaired) electrons. The van der Waals surface area contributed by atoms with Gasteiger partial charge in [-0.25, -0.2) is 0 Å². The lowest BCUT2D eigenvalue weighted by atomic mass is 10.2. The third kappa shape index (κ3) is 5.47. The van der Waals surface area contributed by atoms with E-state index in [1.807, 2.05) is 30.3 Å². The molecule has 0 unspecified atom stereocenters. The van der Waals surface area contributed by atoms with Crippen LogP contribution in [0.15, 0.2) is 54.6 Å². The summed E-state index contributed by atoms with van der Waals surface area (Å²) in [7, 11) is 0. The number of benzene rings is 2. The van der Waals surface area contributed by atoms with Gasteiger partial charge in [0.1, 0.15) is 5.82 Å². The Balaban J connectivity index is 0.00000240. The van der Waals surface area contributed by atoms with Gasteiger partial charge in [-0.1, -0.05) is 30.3 Å². The van der Waals surface area contributed by atoms with Crippen LogP contribution < -0.4 is 10.2 Å². The van der Waals surface area contributed by atoms with E-state index in [0.717, 1.165) is 63.5 Å². The topological polar surface area (TPSA) is 48.5 Å². The van der Waals surface area contributed by atoms with Crippen molar-refractivity contribution in [3.05, 3.63) is 60.2 Å². The van der Waals surface area contributed by atoms with E-state index in [4.69, 9.17) is 0 Å². The summed E-state index contributed by atoms with van der Waals surface area (Å²) in [6.45, 7) is 6.02. The highest BCUT2D eigenvalue weighted by Gasteiger charge is 2.20. The number of halogens is 1. The first-order chi connectivity index (χ1) is 13.8. The Bertz CT molecular complexity index is 909. The lowest BCUT2D eigenvalue weighted by Crippen LogP contribution is -2.46. The molecule has 0 atom stereocenters.